The highest BCUT2D eigenvalue weighted by atomic mass is 19.1. The SMILES string of the molecule is O=[N+]([O-])c1ccc(-c2cnc(CCNC3CC3)o2)c(F)c1. The van der Waals surface area contributed by atoms with E-state index in [2.05, 4.69) is 10.3 Å². The molecule has 0 bridgehead atoms. The van der Waals surface area contributed by atoms with Crippen LogP contribution in [-0.4, -0.2) is 22.5 Å². The van der Waals surface area contributed by atoms with E-state index in [1.807, 2.05) is 0 Å². The van der Waals surface area contributed by atoms with E-state index in [-0.39, 0.29) is 17.0 Å². The summed E-state index contributed by atoms with van der Waals surface area (Å²) in [7, 11) is 0. The van der Waals surface area contributed by atoms with Crippen molar-refractivity contribution >= 4 is 5.69 Å². The van der Waals surface area contributed by atoms with Crippen molar-refractivity contribution in [3.05, 3.63) is 46.2 Å². The molecule has 0 aliphatic heterocycles. The average Bonchev–Trinajstić information content (AvgIpc) is 3.16. The van der Waals surface area contributed by atoms with Gasteiger partial charge in [0.25, 0.3) is 5.69 Å². The van der Waals surface area contributed by atoms with Gasteiger partial charge in [0, 0.05) is 25.1 Å². The molecule has 2 aromatic rings. The smallest absolute Gasteiger partial charge is 0.272 e. The maximum atomic E-state index is 13.9. The highest BCUT2D eigenvalue weighted by Crippen LogP contribution is 2.27. The summed E-state index contributed by atoms with van der Waals surface area (Å²) in [6.07, 6.45) is 4.50. The fourth-order valence-corrected chi connectivity index (χ4v) is 2.04. The van der Waals surface area contributed by atoms with Crippen molar-refractivity contribution < 1.29 is 13.7 Å². The molecular formula is C14H14FN3O3. The molecule has 0 saturated heterocycles. The molecule has 0 spiro atoms. The van der Waals surface area contributed by atoms with Crippen LogP contribution >= 0.6 is 0 Å². The summed E-state index contributed by atoms with van der Waals surface area (Å²) in [4.78, 5) is 14.0. The molecule has 6 nitrogen and oxygen atoms in total. The number of hydrogen-bond donors (Lipinski definition) is 1. The zero-order valence-corrected chi connectivity index (χ0v) is 11.2. The molecule has 3 rings (SSSR count). The fourth-order valence-electron chi connectivity index (χ4n) is 2.04. The highest BCUT2D eigenvalue weighted by molar-refractivity contribution is 5.59. The van der Waals surface area contributed by atoms with Gasteiger partial charge in [-0.3, -0.25) is 10.1 Å². The summed E-state index contributed by atoms with van der Waals surface area (Å²) in [5, 5.41) is 13.9. The first kappa shape index (κ1) is 13.7. The van der Waals surface area contributed by atoms with E-state index in [0.717, 1.165) is 12.6 Å². The number of halogens is 1. The molecule has 7 heteroatoms. The maximum Gasteiger partial charge on any atom is 0.272 e. The lowest BCUT2D eigenvalue weighted by atomic mass is 10.1. The Hall–Kier alpha value is -2.28. The Bertz CT molecular complexity index is 667. The van der Waals surface area contributed by atoms with E-state index >= 15 is 0 Å². The van der Waals surface area contributed by atoms with Gasteiger partial charge in [0.1, 0.15) is 5.82 Å². The first-order valence-electron chi connectivity index (χ1n) is 6.76. The van der Waals surface area contributed by atoms with Gasteiger partial charge in [0.05, 0.1) is 22.7 Å². The van der Waals surface area contributed by atoms with Gasteiger partial charge >= 0.3 is 0 Å². The zero-order valence-electron chi connectivity index (χ0n) is 11.2. The normalized spacial score (nSPS) is 14.3. The molecule has 0 radical (unpaired) electrons. The molecule has 21 heavy (non-hydrogen) atoms. The molecule has 1 aromatic heterocycles. The summed E-state index contributed by atoms with van der Waals surface area (Å²) in [6.45, 7) is 0.771. The molecule has 1 saturated carbocycles. The van der Waals surface area contributed by atoms with Crippen LogP contribution in [0.2, 0.25) is 0 Å². The minimum Gasteiger partial charge on any atom is -0.441 e. The number of hydrogen-bond acceptors (Lipinski definition) is 5. The van der Waals surface area contributed by atoms with Gasteiger partial charge in [0.15, 0.2) is 11.7 Å². The quantitative estimate of drug-likeness (QED) is 0.653. The number of aromatic nitrogens is 1. The topological polar surface area (TPSA) is 81.2 Å². The second-order valence-corrected chi connectivity index (χ2v) is 5.02. The lowest BCUT2D eigenvalue weighted by Crippen LogP contribution is -2.19. The number of nitro benzene ring substituents is 1. The number of oxazole rings is 1. The van der Waals surface area contributed by atoms with Crippen LogP contribution in [0.5, 0.6) is 0 Å². The molecule has 1 aromatic carbocycles. The van der Waals surface area contributed by atoms with Crippen LogP contribution in [0, 0.1) is 15.9 Å². The van der Waals surface area contributed by atoms with Crippen LogP contribution < -0.4 is 5.32 Å². The average molecular weight is 291 g/mol. The molecule has 0 unspecified atom stereocenters. The molecule has 1 fully saturated rings. The number of rotatable bonds is 6. The van der Waals surface area contributed by atoms with Crippen molar-refractivity contribution in [1.82, 2.24) is 10.3 Å². The molecule has 1 aliphatic rings. The molecule has 1 aliphatic carbocycles. The monoisotopic (exact) mass is 291 g/mol. The maximum absolute atomic E-state index is 13.9. The minimum absolute atomic E-state index is 0.175. The second-order valence-electron chi connectivity index (χ2n) is 5.02. The van der Waals surface area contributed by atoms with E-state index in [1.165, 1.54) is 31.2 Å². The van der Waals surface area contributed by atoms with Gasteiger partial charge in [-0.2, -0.15) is 0 Å². The first-order chi connectivity index (χ1) is 10.1. The van der Waals surface area contributed by atoms with Gasteiger partial charge in [0.2, 0.25) is 0 Å². The highest BCUT2D eigenvalue weighted by Gasteiger charge is 2.20. The van der Waals surface area contributed by atoms with Crippen molar-refractivity contribution in [3.63, 3.8) is 0 Å². The number of benzene rings is 1. The number of nitrogens with zero attached hydrogens (tertiary/aromatic N) is 2. The van der Waals surface area contributed by atoms with E-state index < -0.39 is 10.7 Å². The Kier molecular flexibility index (Phi) is 3.66. The standard InChI is InChI=1S/C14H14FN3O3/c15-12-7-10(18(19)20)3-4-11(12)13-8-17-14(21-13)5-6-16-9-1-2-9/h3-4,7-9,16H,1-2,5-6H2. The minimum atomic E-state index is -0.692. The zero-order chi connectivity index (χ0) is 14.8. The summed E-state index contributed by atoms with van der Waals surface area (Å²) in [6, 6.07) is 4.08. The third-order valence-corrected chi connectivity index (χ3v) is 3.33. The number of nitro groups is 1. The summed E-state index contributed by atoms with van der Waals surface area (Å²) in [5.41, 5.74) is -0.112. The van der Waals surface area contributed by atoms with Crippen LogP contribution in [-0.2, 0) is 6.42 Å². The van der Waals surface area contributed by atoms with Crippen molar-refractivity contribution in [2.24, 2.45) is 0 Å². The van der Waals surface area contributed by atoms with Crippen molar-refractivity contribution in [2.75, 3.05) is 6.54 Å². The van der Waals surface area contributed by atoms with E-state index in [9.17, 15) is 14.5 Å². The third-order valence-electron chi connectivity index (χ3n) is 3.33. The fraction of sp³-hybridized carbons (Fsp3) is 0.357. The van der Waals surface area contributed by atoms with Gasteiger partial charge in [-0.05, 0) is 18.9 Å². The second kappa shape index (κ2) is 5.61. The summed E-state index contributed by atoms with van der Waals surface area (Å²) >= 11 is 0. The van der Waals surface area contributed by atoms with Crippen molar-refractivity contribution in [3.8, 4) is 11.3 Å². The predicted octanol–water partition coefficient (Wildman–Crippen LogP) is 2.68. The molecular weight excluding hydrogens is 277 g/mol. The lowest BCUT2D eigenvalue weighted by molar-refractivity contribution is -0.385. The van der Waals surface area contributed by atoms with Crippen molar-refractivity contribution in [1.29, 1.82) is 0 Å². The lowest BCUT2D eigenvalue weighted by Gasteiger charge is -2.00. The summed E-state index contributed by atoms with van der Waals surface area (Å²) in [5.74, 6) is 0.114. The first-order valence-corrected chi connectivity index (χ1v) is 6.76. The largest absolute Gasteiger partial charge is 0.441 e. The Labute approximate surface area is 120 Å². The van der Waals surface area contributed by atoms with Gasteiger partial charge < -0.3 is 9.73 Å². The van der Waals surface area contributed by atoms with E-state index in [4.69, 9.17) is 4.42 Å². The van der Waals surface area contributed by atoms with Crippen molar-refractivity contribution in [2.45, 2.75) is 25.3 Å². The molecule has 1 N–H and O–H groups in total. The molecule has 110 valence electrons. The Balaban J connectivity index is 1.71. The Morgan fingerprint density at radius 2 is 2.29 bits per heavy atom. The molecule has 0 amide bonds. The molecule has 0 atom stereocenters. The van der Waals surface area contributed by atoms with Gasteiger partial charge in [-0.1, -0.05) is 0 Å². The van der Waals surface area contributed by atoms with E-state index in [0.29, 0.717) is 18.4 Å². The van der Waals surface area contributed by atoms with Crippen LogP contribution in [0.1, 0.15) is 18.7 Å². The van der Waals surface area contributed by atoms with Crippen LogP contribution in [0.15, 0.2) is 28.8 Å². The van der Waals surface area contributed by atoms with Gasteiger partial charge in [-0.25, -0.2) is 9.37 Å². The Morgan fingerprint density at radius 3 is 2.95 bits per heavy atom. The van der Waals surface area contributed by atoms with Crippen LogP contribution in [0.25, 0.3) is 11.3 Å². The predicted molar refractivity (Wildman–Crippen MR) is 73.3 cm³/mol. The molecule has 1 heterocycles. The number of non-ortho nitro benzene ring substituents is 1. The number of nitrogens with one attached hydrogen (secondary N) is 1. The third kappa shape index (κ3) is 3.25. The van der Waals surface area contributed by atoms with Crippen LogP contribution in [0.4, 0.5) is 10.1 Å². The van der Waals surface area contributed by atoms with Crippen LogP contribution in [0.3, 0.4) is 0 Å². The summed E-state index contributed by atoms with van der Waals surface area (Å²) < 4.78 is 19.4. The van der Waals surface area contributed by atoms with Gasteiger partial charge in [-0.15, -0.1) is 0 Å². The van der Waals surface area contributed by atoms with E-state index in [1.54, 1.807) is 0 Å². The Morgan fingerprint density at radius 1 is 1.48 bits per heavy atom.